The molecule has 3 aromatic rings. The minimum absolute atomic E-state index is 0.172. The summed E-state index contributed by atoms with van der Waals surface area (Å²) < 4.78 is 33.6. The fourth-order valence-corrected chi connectivity index (χ4v) is 7.39. The lowest BCUT2D eigenvalue weighted by Crippen LogP contribution is -2.24. The van der Waals surface area contributed by atoms with Gasteiger partial charge in [0.2, 0.25) is 4.80 Å². The van der Waals surface area contributed by atoms with Crippen LogP contribution in [-0.4, -0.2) is 13.0 Å². The second-order valence-corrected chi connectivity index (χ2v) is 12.0. The molecule has 28 heavy (non-hydrogen) atoms. The fraction of sp³-hybridized carbons (Fsp3) is 0.316. The molecule has 0 amide bonds. The number of halogens is 2. The van der Waals surface area contributed by atoms with Crippen LogP contribution in [0.1, 0.15) is 38.1 Å². The van der Waals surface area contributed by atoms with Gasteiger partial charge in [0.1, 0.15) is 4.21 Å². The maximum Gasteiger partial charge on any atom is 0.294 e. The SMILES string of the molecule is O=S(=O)(N=c1scc(-c2ccc(Br)cc2)n1C1CCCCC1)c1ccc(Cl)s1. The van der Waals surface area contributed by atoms with Gasteiger partial charge in [0.05, 0.1) is 10.0 Å². The van der Waals surface area contributed by atoms with Gasteiger partial charge in [-0.15, -0.1) is 27.1 Å². The van der Waals surface area contributed by atoms with Crippen LogP contribution in [0.15, 0.2) is 54.9 Å². The first-order valence-corrected chi connectivity index (χ1v) is 13.3. The summed E-state index contributed by atoms with van der Waals surface area (Å²) in [6, 6.07) is 11.5. The molecule has 0 bridgehead atoms. The number of nitrogens with zero attached hydrogens (tertiary/aromatic N) is 2. The van der Waals surface area contributed by atoms with E-state index in [-0.39, 0.29) is 10.3 Å². The summed E-state index contributed by atoms with van der Waals surface area (Å²) in [5.41, 5.74) is 2.07. The van der Waals surface area contributed by atoms with Crippen LogP contribution in [0.2, 0.25) is 4.34 Å². The molecule has 0 spiro atoms. The lowest BCUT2D eigenvalue weighted by molar-refractivity contribution is 0.351. The molecule has 1 fully saturated rings. The van der Waals surface area contributed by atoms with E-state index >= 15 is 0 Å². The Morgan fingerprint density at radius 3 is 2.43 bits per heavy atom. The van der Waals surface area contributed by atoms with Crippen molar-refractivity contribution in [2.75, 3.05) is 0 Å². The first-order chi connectivity index (χ1) is 13.4. The zero-order valence-corrected chi connectivity index (χ0v) is 19.6. The van der Waals surface area contributed by atoms with E-state index in [0.717, 1.165) is 52.8 Å². The summed E-state index contributed by atoms with van der Waals surface area (Å²) >= 11 is 11.8. The van der Waals surface area contributed by atoms with E-state index in [1.54, 1.807) is 6.07 Å². The molecular weight excluding hydrogens is 500 g/mol. The van der Waals surface area contributed by atoms with Crippen LogP contribution in [-0.2, 0) is 10.0 Å². The lowest BCUT2D eigenvalue weighted by Gasteiger charge is -2.25. The molecule has 148 valence electrons. The minimum atomic E-state index is -3.79. The van der Waals surface area contributed by atoms with E-state index < -0.39 is 10.0 Å². The van der Waals surface area contributed by atoms with Crippen LogP contribution >= 0.6 is 50.2 Å². The van der Waals surface area contributed by atoms with Gasteiger partial charge in [-0.3, -0.25) is 0 Å². The van der Waals surface area contributed by atoms with Gasteiger partial charge in [-0.25, -0.2) is 0 Å². The highest BCUT2D eigenvalue weighted by Crippen LogP contribution is 2.33. The van der Waals surface area contributed by atoms with Gasteiger partial charge in [-0.2, -0.15) is 8.42 Å². The Morgan fingerprint density at radius 2 is 1.79 bits per heavy atom. The number of hydrogen-bond acceptors (Lipinski definition) is 4. The summed E-state index contributed by atoms with van der Waals surface area (Å²) in [4.78, 5) is 0.523. The van der Waals surface area contributed by atoms with Crippen molar-refractivity contribution in [1.29, 1.82) is 0 Å². The molecule has 1 aliphatic carbocycles. The first kappa shape index (κ1) is 20.3. The number of hydrogen-bond donors (Lipinski definition) is 0. The molecule has 1 aromatic carbocycles. The smallest absolute Gasteiger partial charge is 0.294 e. The summed E-state index contributed by atoms with van der Waals surface area (Å²) in [5.74, 6) is 0. The van der Waals surface area contributed by atoms with E-state index in [9.17, 15) is 8.42 Å². The van der Waals surface area contributed by atoms with Gasteiger partial charge < -0.3 is 4.57 Å². The molecule has 0 aliphatic heterocycles. The van der Waals surface area contributed by atoms with E-state index in [4.69, 9.17) is 11.6 Å². The number of aromatic nitrogens is 1. The zero-order valence-electron chi connectivity index (χ0n) is 14.8. The summed E-state index contributed by atoms with van der Waals surface area (Å²) in [6.45, 7) is 0. The van der Waals surface area contributed by atoms with E-state index in [1.165, 1.54) is 23.8 Å². The molecule has 2 aromatic heterocycles. The van der Waals surface area contributed by atoms with Crippen LogP contribution in [0.5, 0.6) is 0 Å². The molecule has 4 nitrogen and oxygen atoms in total. The van der Waals surface area contributed by atoms with Crippen molar-refractivity contribution in [3.05, 3.63) is 55.4 Å². The normalized spacial score (nSPS) is 16.6. The Kier molecular flexibility index (Phi) is 6.13. The Bertz CT molecular complexity index is 1140. The number of thiophene rings is 1. The summed E-state index contributed by atoms with van der Waals surface area (Å²) in [7, 11) is -3.79. The Labute approximate surface area is 185 Å². The largest absolute Gasteiger partial charge is 0.313 e. The Balaban J connectivity index is 1.86. The van der Waals surface area contributed by atoms with Crippen LogP contribution in [0, 0.1) is 0 Å². The van der Waals surface area contributed by atoms with E-state index in [0.29, 0.717) is 9.14 Å². The highest BCUT2D eigenvalue weighted by molar-refractivity contribution is 9.10. The third-order valence-corrected chi connectivity index (χ3v) is 9.27. The molecule has 0 atom stereocenters. The Morgan fingerprint density at radius 1 is 1.07 bits per heavy atom. The zero-order chi connectivity index (χ0) is 19.7. The van der Waals surface area contributed by atoms with Crippen LogP contribution in [0.3, 0.4) is 0 Å². The molecular formula is C19H18BrClN2O2S3. The van der Waals surface area contributed by atoms with Crippen molar-refractivity contribution < 1.29 is 8.42 Å². The fourth-order valence-electron chi connectivity index (χ4n) is 3.49. The van der Waals surface area contributed by atoms with Gasteiger partial charge in [0.25, 0.3) is 10.0 Å². The van der Waals surface area contributed by atoms with Crippen molar-refractivity contribution in [2.45, 2.75) is 42.4 Å². The predicted molar refractivity (Wildman–Crippen MR) is 120 cm³/mol. The molecule has 4 rings (SSSR count). The number of thiazole rings is 1. The van der Waals surface area contributed by atoms with Crippen molar-refractivity contribution in [2.24, 2.45) is 4.40 Å². The topological polar surface area (TPSA) is 51.4 Å². The monoisotopic (exact) mass is 516 g/mol. The second-order valence-electron chi connectivity index (χ2n) is 6.70. The van der Waals surface area contributed by atoms with E-state index in [1.807, 2.05) is 29.6 Å². The number of sulfonamides is 1. The van der Waals surface area contributed by atoms with Crippen molar-refractivity contribution in [3.8, 4) is 11.3 Å². The third kappa shape index (κ3) is 4.31. The van der Waals surface area contributed by atoms with E-state index in [2.05, 4.69) is 24.9 Å². The standard InChI is InChI=1S/C19H18BrClN2O2S3/c20-14-8-6-13(7-9-14)16-12-26-19(23(16)15-4-2-1-3-5-15)22-28(24,25)18-11-10-17(21)27-18/h6-12,15H,1-5H2. The quantitative estimate of drug-likeness (QED) is 0.397. The molecule has 1 saturated carbocycles. The summed E-state index contributed by atoms with van der Waals surface area (Å²) in [6.07, 6.45) is 5.62. The maximum atomic E-state index is 12.8. The molecule has 1 aliphatic rings. The lowest BCUT2D eigenvalue weighted by atomic mass is 9.95. The molecule has 0 saturated heterocycles. The average molecular weight is 518 g/mol. The van der Waals surface area contributed by atoms with Crippen molar-refractivity contribution in [3.63, 3.8) is 0 Å². The molecule has 0 N–H and O–H groups in total. The maximum absolute atomic E-state index is 12.8. The molecule has 0 radical (unpaired) electrons. The van der Waals surface area contributed by atoms with Crippen LogP contribution in [0.4, 0.5) is 0 Å². The minimum Gasteiger partial charge on any atom is -0.313 e. The molecule has 0 unspecified atom stereocenters. The van der Waals surface area contributed by atoms with Gasteiger partial charge in [0.15, 0.2) is 0 Å². The second kappa shape index (κ2) is 8.44. The summed E-state index contributed by atoms with van der Waals surface area (Å²) in [5, 5.41) is 2.01. The van der Waals surface area contributed by atoms with Crippen LogP contribution < -0.4 is 4.80 Å². The molecule has 9 heteroatoms. The number of rotatable bonds is 4. The van der Waals surface area contributed by atoms with Gasteiger partial charge in [-0.1, -0.05) is 58.9 Å². The molecule has 2 heterocycles. The highest BCUT2D eigenvalue weighted by atomic mass is 79.9. The van der Waals surface area contributed by atoms with Crippen LogP contribution in [0.25, 0.3) is 11.3 Å². The average Bonchev–Trinajstić information content (AvgIpc) is 3.30. The van der Waals surface area contributed by atoms with Gasteiger partial charge in [-0.05, 0) is 42.7 Å². The van der Waals surface area contributed by atoms with Crippen molar-refractivity contribution >= 4 is 60.2 Å². The number of benzene rings is 1. The van der Waals surface area contributed by atoms with Gasteiger partial charge in [0, 0.05) is 15.9 Å². The third-order valence-electron chi connectivity index (χ3n) is 4.82. The highest BCUT2D eigenvalue weighted by Gasteiger charge is 2.22. The Hall–Kier alpha value is -0.930. The predicted octanol–water partition coefficient (Wildman–Crippen LogP) is 6.49. The van der Waals surface area contributed by atoms with Gasteiger partial charge >= 0.3 is 0 Å². The van der Waals surface area contributed by atoms with Crippen molar-refractivity contribution in [1.82, 2.24) is 4.57 Å². The first-order valence-electron chi connectivity index (χ1n) is 8.96.